The fraction of sp³-hybridized carbons (Fsp3) is 0.500. The number of carboxylic acids is 1. The summed E-state index contributed by atoms with van der Waals surface area (Å²) in [5.41, 5.74) is 4.95. The highest BCUT2D eigenvalue weighted by molar-refractivity contribution is 6.03. The number of nitrogens with zero attached hydrogens (tertiary/aromatic N) is 3. The van der Waals surface area contributed by atoms with E-state index in [1.165, 1.54) is 30.2 Å². The number of rotatable bonds is 5. The van der Waals surface area contributed by atoms with Crippen LogP contribution in [0.5, 0.6) is 0 Å². The lowest BCUT2D eigenvalue weighted by Crippen LogP contribution is -2.39. The Balaban J connectivity index is 0.000000532. The number of alkyl halides is 3. The Labute approximate surface area is 225 Å². The maximum atomic E-state index is 12.8. The van der Waals surface area contributed by atoms with Gasteiger partial charge in [-0.15, -0.1) is 0 Å². The Hall–Kier alpha value is -3.65. The molecule has 2 aromatic rings. The van der Waals surface area contributed by atoms with Gasteiger partial charge in [-0.05, 0) is 87.7 Å². The Morgan fingerprint density at radius 2 is 1.85 bits per heavy atom. The third-order valence-corrected chi connectivity index (χ3v) is 7.34. The van der Waals surface area contributed by atoms with Crippen LogP contribution in [0.4, 0.5) is 18.9 Å². The number of amides is 1. The minimum atomic E-state index is -5.08. The third-order valence-electron chi connectivity index (χ3n) is 7.34. The molecule has 0 saturated carbocycles. The number of carbonyl (C=O) groups excluding carboxylic acids is 1. The molecule has 1 fully saturated rings. The second kappa shape index (κ2) is 11.6. The Morgan fingerprint density at radius 3 is 2.36 bits per heavy atom. The predicted octanol–water partition coefficient (Wildman–Crippen LogP) is 6.09. The van der Waals surface area contributed by atoms with Gasteiger partial charge in [0.1, 0.15) is 11.8 Å². The van der Waals surface area contributed by atoms with Crippen LogP contribution in [0, 0.1) is 16.7 Å². The monoisotopic (exact) mass is 545 g/mol. The van der Waals surface area contributed by atoms with Crippen LogP contribution in [0.3, 0.4) is 0 Å². The van der Waals surface area contributed by atoms with Gasteiger partial charge in [-0.25, -0.2) is 9.78 Å². The highest BCUT2D eigenvalue weighted by atomic mass is 19.4. The number of aromatic nitrogens is 2. The topological polar surface area (TPSA) is 122 Å². The van der Waals surface area contributed by atoms with Crippen molar-refractivity contribution < 1.29 is 27.9 Å². The van der Waals surface area contributed by atoms with E-state index in [9.17, 15) is 18.0 Å². The number of aliphatic carboxylic acids is 1. The normalized spacial score (nSPS) is 17.4. The zero-order chi connectivity index (χ0) is 29.0. The molecule has 1 amide bonds. The molecule has 0 radical (unpaired) electrons. The molecular weight excluding hydrogens is 511 g/mol. The van der Waals surface area contributed by atoms with Gasteiger partial charge in [-0.2, -0.15) is 18.4 Å². The summed E-state index contributed by atoms with van der Waals surface area (Å²) in [4.78, 5) is 31.1. The van der Waals surface area contributed by atoms with Crippen LogP contribution >= 0.6 is 0 Å². The molecule has 11 heteroatoms. The predicted molar refractivity (Wildman–Crippen MR) is 141 cm³/mol. The number of aromatic amines is 1. The summed E-state index contributed by atoms with van der Waals surface area (Å²) in [6.07, 6.45) is 4.26. The zero-order valence-corrected chi connectivity index (χ0v) is 22.6. The van der Waals surface area contributed by atoms with Gasteiger partial charge in [-0.3, -0.25) is 9.69 Å². The van der Waals surface area contributed by atoms with Gasteiger partial charge < -0.3 is 15.4 Å². The van der Waals surface area contributed by atoms with E-state index in [1.54, 1.807) is 0 Å². The number of anilines is 1. The molecule has 1 aromatic carbocycles. The number of imidazole rings is 1. The number of benzene rings is 1. The number of H-pyrrole nitrogens is 1. The third kappa shape index (κ3) is 7.47. The highest BCUT2D eigenvalue weighted by Gasteiger charge is 2.38. The van der Waals surface area contributed by atoms with Crippen LogP contribution < -0.4 is 5.32 Å². The van der Waals surface area contributed by atoms with Gasteiger partial charge in [-0.1, -0.05) is 26.0 Å². The summed E-state index contributed by atoms with van der Waals surface area (Å²) in [7, 11) is 0. The molecule has 0 unspecified atom stereocenters. The van der Waals surface area contributed by atoms with Gasteiger partial charge >= 0.3 is 12.1 Å². The maximum absolute atomic E-state index is 12.8. The molecule has 1 saturated heterocycles. The molecular formula is C28H34F3N5O3. The van der Waals surface area contributed by atoms with Crippen molar-refractivity contribution in [3.05, 3.63) is 53.1 Å². The van der Waals surface area contributed by atoms with E-state index < -0.39 is 12.1 Å². The first-order chi connectivity index (χ1) is 18.1. The van der Waals surface area contributed by atoms with Crippen molar-refractivity contribution in [1.29, 1.82) is 5.26 Å². The Bertz CT molecular complexity index is 1280. The standard InChI is InChI=1S/C26H33N5O.C2HF3O2/c1-25(2)11-9-18(10-12-25)21-15-19(26(3,4)31-13-5-6-14-31)7-8-22(21)30-24(32)23-28-17-20(16-27)29-23;3-2(4,5)1(6)7/h7-9,15,17H,5-6,10-14H2,1-4H3,(H,28,29)(H,30,32);(H,6,7). The van der Waals surface area contributed by atoms with Crippen molar-refractivity contribution in [1.82, 2.24) is 14.9 Å². The average Bonchev–Trinajstić information content (AvgIpc) is 3.57. The van der Waals surface area contributed by atoms with E-state index in [4.69, 9.17) is 15.2 Å². The van der Waals surface area contributed by atoms with Crippen LogP contribution in [0.2, 0.25) is 0 Å². The quantitative estimate of drug-likeness (QED) is 0.418. The number of nitrogens with one attached hydrogen (secondary N) is 2. The molecule has 1 aliphatic carbocycles. The molecule has 4 rings (SSSR count). The van der Waals surface area contributed by atoms with Gasteiger partial charge in [0.05, 0.1) is 6.20 Å². The summed E-state index contributed by atoms with van der Waals surface area (Å²) in [6.45, 7) is 11.4. The number of halogens is 3. The number of carbonyl (C=O) groups is 2. The molecule has 2 heterocycles. The summed E-state index contributed by atoms with van der Waals surface area (Å²) in [5.74, 6) is -2.95. The number of carboxylic acid groups (broad SMARTS) is 1. The number of allylic oxidation sites excluding steroid dienone is 2. The van der Waals surface area contributed by atoms with Crippen LogP contribution in [0.25, 0.3) is 5.57 Å². The molecule has 0 spiro atoms. The average molecular weight is 546 g/mol. The highest BCUT2D eigenvalue weighted by Crippen LogP contribution is 2.42. The second-order valence-corrected chi connectivity index (χ2v) is 11.1. The number of nitriles is 1. The van der Waals surface area contributed by atoms with E-state index in [1.807, 2.05) is 12.1 Å². The molecule has 39 heavy (non-hydrogen) atoms. The van der Waals surface area contributed by atoms with Crippen molar-refractivity contribution >= 4 is 23.1 Å². The van der Waals surface area contributed by atoms with Crippen molar-refractivity contribution in [3.63, 3.8) is 0 Å². The van der Waals surface area contributed by atoms with Crippen LogP contribution in [-0.4, -0.2) is 51.1 Å². The van der Waals surface area contributed by atoms with Gasteiger partial charge in [0.25, 0.3) is 5.91 Å². The maximum Gasteiger partial charge on any atom is 0.490 e. The molecule has 2 aliphatic rings. The smallest absolute Gasteiger partial charge is 0.475 e. The fourth-order valence-corrected chi connectivity index (χ4v) is 4.75. The van der Waals surface area contributed by atoms with Crippen LogP contribution in [-0.2, 0) is 10.3 Å². The molecule has 1 aliphatic heterocycles. The van der Waals surface area contributed by atoms with Gasteiger partial charge in [0, 0.05) is 16.8 Å². The molecule has 0 bridgehead atoms. The molecule has 210 valence electrons. The van der Waals surface area contributed by atoms with E-state index in [0.29, 0.717) is 5.41 Å². The lowest BCUT2D eigenvalue weighted by atomic mass is 9.76. The molecule has 8 nitrogen and oxygen atoms in total. The fourth-order valence-electron chi connectivity index (χ4n) is 4.75. The van der Waals surface area contributed by atoms with E-state index in [0.717, 1.165) is 43.6 Å². The van der Waals surface area contributed by atoms with Gasteiger partial charge in [0.15, 0.2) is 5.82 Å². The zero-order valence-electron chi connectivity index (χ0n) is 22.6. The summed E-state index contributed by atoms with van der Waals surface area (Å²) in [6, 6.07) is 8.40. The Kier molecular flexibility index (Phi) is 8.91. The summed E-state index contributed by atoms with van der Waals surface area (Å²) >= 11 is 0. The van der Waals surface area contributed by atoms with Crippen molar-refractivity contribution in [2.45, 2.75) is 71.5 Å². The SMILES string of the molecule is CC1(C)CC=C(c2cc(C(C)(C)N3CCCC3)ccc2NC(=O)c2ncc(C#N)[nH]2)CC1.O=C(O)C(F)(F)F. The number of likely N-dealkylation sites (tertiary alicyclic amines) is 1. The lowest BCUT2D eigenvalue weighted by molar-refractivity contribution is -0.192. The largest absolute Gasteiger partial charge is 0.490 e. The minimum Gasteiger partial charge on any atom is -0.475 e. The lowest BCUT2D eigenvalue weighted by Gasteiger charge is -2.37. The second-order valence-electron chi connectivity index (χ2n) is 11.1. The van der Waals surface area contributed by atoms with Crippen molar-refractivity contribution in [3.8, 4) is 6.07 Å². The van der Waals surface area contributed by atoms with E-state index in [2.05, 4.69) is 66.1 Å². The molecule has 1 aromatic heterocycles. The van der Waals surface area contributed by atoms with Gasteiger partial charge in [0.2, 0.25) is 0 Å². The van der Waals surface area contributed by atoms with Crippen molar-refractivity contribution in [2.75, 3.05) is 18.4 Å². The van der Waals surface area contributed by atoms with Crippen LogP contribution in [0.15, 0.2) is 30.5 Å². The Morgan fingerprint density at radius 1 is 1.21 bits per heavy atom. The number of hydrogen-bond acceptors (Lipinski definition) is 5. The minimum absolute atomic E-state index is 0.0645. The summed E-state index contributed by atoms with van der Waals surface area (Å²) in [5, 5.41) is 19.2. The van der Waals surface area contributed by atoms with Crippen LogP contribution in [0.1, 0.15) is 87.2 Å². The van der Waals surface area contributed by atoms with E-state index in [-0.39, 0.29) is 23.0 Å². The molecule has 3 N–H and O–H groups in total. The van der Waals surface area contributed by atoms with E-state index >= 15 is 0 Å². The first-order valence-electron chi connectivity index (χ1n) is 12.8. The first kappa shape index (κ1) is 29.9. The number of hydrogen-bond donors (Lipinski definition) is 3. The first-order valence-corrected chi connectivity index (χ1v) is 12.8. The molecule has 0 atom stereocenters. The summed E-state index contributed by atoms with van der Waals surface area (Å²) < 4.78 is 31.7. The van der Waals surface area contributed by atoms with Crippen molar-refractivity contribution in [2.24, 2.45) is 5.41 Å².